The second kappa shape index (κ2) is 4.70. The standard InChI is InChI=1S/C13H11FN2O2S/c14-8-4-2-6-15-11(8)12-16-10-7(13(17)18)3-1-5-9(10)19-12/h2,4,6-7H,1,3,5H2,(H,17,18). The van der Waals surface area contributed by atoms with Crippen LogP contribution in [0.4, 0.5) is 4.39 Å². The lowest BCUT2D eigenvalue weighted by Crippen LogP contribution is -2.17. The molecule has 0 spiro atoms. The Morgan fingerprint density at radius 2 is 2.37 bits per heavy atom. The van der Waals surface area contributed by atoms with Crippen molar-refractivity contribution >= 4 is 17.3 Å². The van der Waals surface area contributed by atoms with Gasteiger partial charge in [0.15, 0.2) is 5.82 Å². The van der Waals surface area contributed by atoms with Gasteiger partial charge < -0.3 is 5.11 Å². The molecule has 0 bridgehead atoms. The Morgan fingerprint density at radius 1 is 1.53 bits per heavy atom. The molecule has 1 aliphatic rings. The molecule has 0 fully saturated rings. The number of fused-ring (bicyclic) bond motifs is 1. The van der Waals surface area contributed by atoms with E-state index in [0.29, 0.717) is 17.1 Å². The van der Waals surface area contributed by atoms with Crippen LogP contribution >= 0.6 is 11.3 Å². The fraction of sp³-hybridized carbons (Fsp3) is 0.308. The van der Waals surface area contributed by atoms with Gasteiger partial charge in [-0.25, -0.2) is 9.37 Å². The maximum absolute atomic E-state index is 13.7. The highest BCUT2D eigenvalue weighted by Gasteiger charge is 2.30. The van der Waals surface area contributed by atoms with E-state index < -0.39 is 17.7 Å². The first-order valence-electron chi connectivity index (χ1n) is 6.00. The number of halogens is 1. The lowest BCUT2D eigenvalue weighted by Gasteiger charge is -2.16. The van der Waals surface area contributed by atoms with Gasteiger partial charge >= 0.3 is 5.97 Å². The van der Waals surface area contributed by atoms with Gasteiger partial charge in [-0.3, -0.25) is 9.78 Å². The molecule has 6 heteroatoms. The maximum atomic E-state index is 13.7. The van der Waals surface area contributed by atoms with E-state index >= 15 is 0 Å². The Morgan fingerprint density at radius 3 is 3.11 bits per heavy atom. The van der Waals surface area contributed by atoms with Gasteiger partial charge in [0, 0.05) is 11.1 Å². The number of aryl methyl sites for hydroxylation is 1. The zero-order valence-corrected chi connectivity index (χ0v) is 10.8. The molecule has 2 aromatic heterocycles. The SMILES string of the molecule is O=C(O)C1CCCc2sc(-c3ncccc3F)nc21. The number of carboxylic acids is 1. The summed E-state index contributed by atoms with van der Waals surface area (Å²) in [6.45, 7) is 0. The quantitative estimate of drug-likeness (QED) is 0.917. The molecule has 19 heavy (non-hydrogen) atoms. The molecular formula is C13H11FN2O2S. The van der Waals surface area contributed by atoms with Crippen LogP contribution in [0.1, 0.15) is 29.3 Å². The summed E-state index contributed by atoms with van der Waals surface area (Å²) in [7, 11) is 0. The van der Waals surface area contributed by atoms with Crippen LogP contribution in [0.2, 0.25) is 0 Å². The van der Waals surface area contributed by atoms with Crippen LogP contribution in [0.5, 0.6) is 0 Å². The second-order valence-electron chi connectivity index (χ2n) is 4.44. The average molecular weight is 278 g/mol. The first kappa shape index (κ1) is 12.2. The summed E-state index contributed by atoms with van der Waals surface area (Å²) >= 11 is 1.35. The number of carboxylic acid groups (broad SMARTS) is 1. The lowest BCUT2D eigenvalue weighted by atomic mass is 9.91. The van der Waals surface area contributed by atoms with Crippen LogP contribution in [0.3, 0.4) is 0 Å². The number of aromatic nitrogens is 2. The summed E-state index contributed by atoms with van der Waals surface area (Å²) in [6.07, 6.45) is 3.74. The van der Waals surface area contributed by atoms with E-state index in [4.69, 9.17) is 0 Å². The molecule has 98 valence electrons. The molecular weight excluding hydrogens is 267 g/mol. The lowest BCUT2D eigenvalue weighted by molar-refractivity contribution is -0.139. The number of thiazole rings is 1. The number of pyridine rings is 1. The Balaban J connectivity index is 2.07. The van der Waals surface area contributed by atoms with E-state index in [1.807, 2.05) is 0 Å². The minimum absolute atomic E-state index is 0.200. The van der Waals surface area contributed by atoms with Crippen molar-refractivity contribution < 1.29 is 14.3 Å². The predicted molar refractivity (Wildman–Crippen MR) is 68.6 cm³/mol. The topological polar surface area (TPSA) is 63.1 Å². The van der Waals surface area contributed by atoms with E-state index in [2.05, 4.69) is 9.97 Å². The van der Waals surface area contributed by atoms with Gasteiger partial charge in [-0.2, -0.15) is 0 Å². The first-order valence-corrected chi connectivity index (χ1v) is 6.81. The summed E-state index contributed by atoms with van der Waals surface area (Å²) in [6, 6.07) is 2.85. The van der Waals surface area contributed by atoms with Crippen molar-refractivity contribution in [2.75, 3.05) is 0 Å². The minimum atomic E-state index is -0.862. The van der Waals surface area contributed by atoms with Crippen LogP contribution in [-0.4, -0.2) is 21.0 Å². The van der Waals surface area contributed by atoms with Gasteiger partial charge in [0.2, 0.25) is 0 Å². The molecule has 0 radical (unpaired) electrons. The van der Waals surface area contributed by atoms with Crippen molar-refractivity contribution in [3.05, 3.63) is 34.7 Å². The number of hydrogen-bond acceptors (Lipinski definition) is 4. The second-order valence-corrected chi connectivity index (χ2v) is 5.53. The van der Waals surface area contributed by atoms with Gasteiger partial charge in [-0.15, -0.1) is 11.3 Å². The van der Waals surface area contributed by atoms with Crippen LogP contribution in [0.25, 0.3) is 10.7 Å². The molecule has 1 atom stereocenters. The van der Waals surface area contributed by atoms with Gasteiger partial charge in [-0.1, -0.05) is 0 Å². The summed E-state index contributed by atoms with van der Waals surface area (Å²) in [5.74, 6) is -1.86. The largest absolute Gasteiger partial charge is 0.481 e. The van der Waals surface area contributed by atoms with E-state index in [1.54, 1.807) is 0 Å². The third-order valence-corrected chi connectivity index (χ3v) is 4.35. The van der Waals surface area contributed by atoms with Crippen LogP contribution < -0.4 is 0 Å². The highest BCUT2D eigenvalue weighted by Crippen LogP contribution is 2.38. The van der Waals surface area contributed by atoms with Crippen LogP contribution in [0, 0.1) is 5.82 Å². The average Bonchev–Trinajstić information content (AvgIpc) is 2.82. The summed E-state index contributed by atoms with van der Waals surface area (Å²) in [5, 5.41) is 9.66. The molecule has 0 saturated heterocycles. The van der Waals surface area contributed by atoms with Crippen molar-refractivity contribution in [3.8, 4) is 10.7 Å². The first-order chi connectivity index (χ1) is 9.16. The van der Waals surface area contributed by atoms with Gasteiger partial charge in [0.25, 0.3) is 0 Å². The molecule has 2 heterocycles. The number of rotatable bonds is 2. The normalized spacial score (nSPS) is 18.1. The molecule has 4 nitrogen and oxygen atoms in total. The zero-order valence-electron chi connectivity index (χ0n) is 9.97. The van der Waals surface area contributed by atoms with Gasteiger partial charge in [-0.05, 0) is 31.4 Å². The third-order valence-electron chi connectivity index (χ3n) is 3.21. The van der Waals surface area contributed by atoms with Gasteiger partial charge in [0.05, 0.1) is 5.69 Å². The maximum Gasteiger partial charge on any atom is 0.312 e. The van der Waals surface area contributed by atoms with Crippen LogP contribution in [0.15, 0.2) is 18.3 Å². The van der Waals surface area contributed by atoms with Crippen LogP contribution in [-0.2, 0) is 11.2 Å². The Hall–Kier alpha value is -1.82. The molecule has 1 unspecified atom stereocenters. The van der Waals surface area contributed by atoms with E-state index in [9.17, 15) is 14.3 Å². The van der Waals surface area contributed by atoms with Crippen molar-refractivity contribution in [1.29, 1.82) is 0 Å². The van der Waals surface area contributed by atoms with Gasteiger partial charge in [0.1, 0.15) is 16.6 Å². The minimum Gasteiger partial charge on any atom is -0.481 e. The third kappa shape index (κ3) is 2.12. The molecule has 0 amide bonds. The zero-order chi connectivity index (χ0) is 13.4. The Labute approximate surface area is 113 Å². The predicted octanol–water partition coefficient (Wildman–Crippen LogP) is 2.85. The van der Waals surface area contributed by atoms with E-state index in [1.165, 1.54) is 29.7 Å². The molecule has 1 N–H and O–H groups in total. The summed E-state index contributed by atoms with van der Waals surface area (Å²) in [4.78, 5) is 20.5. The molecule has 2 aromatic rings. The monoisotopic (exact) mass is 278 g/mol. The van der Waals surface area contributed by atoms with Crippen molar-refractivity contribution in [2.45, 2.75) is 25.2 Å². The molecule has 1 aliphatic carbocycles. The van der Waals surface area contributed by atoms with E-state index in [-0.39, 0.29) is 5.69 Å². The number of hydrogen-bond donors (Lipinski definition) is 1. The molecule has 0 aliphatic heterocycles. The summed E-state index contributed by atoms with van der Waals surface area (Å²) in [5.41, 5.74) is 0.787. The molecule has 0 aromatic carbocycles. The number of carbonyl (C=O) groups is 1. The van der Waals surface area contributed by atoms with Crippen molar-refractivity contribution in [2.24, 2.45) is 0 Å². The molecule has 0 saturated carbocycles. The summed E-state index contributed by atoms with van der Waals surface area (Å²) < 4.78 is 13.7. The molecule has 3 rings (SSSR count). The Kier molecular flexibility index (Phi) is 3.02. The number of nitrogens with zero attached hydrogens (tertiary/aromatic N) is 2. The highest BCUT2D eigenvalue weighted by molar-refractivity contribution is 7.15. The van der Waals surface area contributed by atoms with E-state index in [0.717, 1.165) is 17.7 Å². The Bertz CT molecular complexity index is 641. The fourth-order valence-electron chi connectivity index (χ4n) is 2.30. The van der Waals surface area contributed by atoms with Crippen molar-refractivity contribution in [3.63, 3.8) is 0 Å². The van der Waals surface area contributed by atoms with Crippen molar-refractivity contribution in [1.82, 2.24) is 9.97 Å². The fourth-order valence-corrected chi connectivity index (χ4v) is 3.47. The smallest absolute Gasteiger partial charge is 0.312 e. The highest BCUT2D eigenvalue weighted by atomic mass is 32.1. The number of aliphatic carboxylic acids is 1.